The van der Waals surface area contributed by atoms with E-state index in [1.807, 2.05) is 25.1 Å². The van der Waals surface area contributed by atoms with Crippen molar-refractivity contribution in [2.75, 3.05) is 5.75 Å². The molecule has 0 N–H and O–H groups in total. The van der Waals surface area contributed by atoms with E-state index in [2.05, 4.69) is 70.8 Å². The first-order valence-corrected chi connectivity index (χ1v) is 18.9. The predicted octanol–water partition coefficient (Wildman–Crippen LogP) is 8.69. The molecule has 3 heterocycles. The van der Waals surface area contributed by atoms with Crippen molar-refractivity contribution < 1.29 is 9.53 Å². The first-order chi connectivity index (χ1) is 15.7. The number of aryl methyl sites for hydroxylation is 1. The molecular formula is C24H34O2S6. The Labute approximate surface area is 217 Å². The standard InChI is InChI=1S/C24H34O2S6/c1-2-24(25)26-18-11-8-10-17(13-18)9-6-4-3-5-7-12-20-21(28-20)15-23-22-14-19(29-30-22)16-27-32-31-23/h8,10-11,13,19-23H,2-7,9,12,14-16H2,1H3. The van der Waals surface area contributed by atoms with Gasteiger partial charge >= 0.3 is 5.97 Å². The molecule has 32 heavy (non-hydrogen) atoms. The topological polar surface area (TPSA) is 26.3 Å². The Morgan fingerprint density at radius 3 is 2.81 bits per heavy atom. The maximum atomic E-state index is 11.5. The van der Waals surface area contributed by atoms with E-state index in [0.29, 0.717) is 12.2 Å². The van der Waals surface area contributed by atoms with Crippen molar-refractivity contribution in [3.63, 3.8) is 0 Å². The average Bonchev–Trinajstić information content (AvgIpc) is 3.32. The first kappa shape index (κ1) is 25.9. The smallest absolute Gasteiger partial charge is 0.310 e. The molecule has 3 aliphatic rings. The van der Waals surface area contributed by atoms with Crippen LogP contribution in [0.2, 0.25) is 0 Å². The Morgan fingerprint density at radius 1 is 1.03 bits per heavy atom. The Hall–Kier alpha value is 0.790. The zero-order valence-electron chi connectivity index (χ0n) is 18.7. The van der Waals surface area contributed by atoms with Crippen molar-refractivity contribution in [2.24, 2.45) is 0 Å². The van der Waals surface area contributed by atoms with Gasteiger partial charge in [0.25, 0.3) is 0 Å². The molecule has 2 nitrogen and oxygen atoms in total. The molecule has 1 aromatic rings. The summed E-state index contributed by atoms with van der Waals surface area (Å²) in [5, 5.41) is 4.54. The van der Waals surface area contributed by atoms with E-state index in [1.54, 1.807) is 0 Å². The van der Waals surface area contributed by atoms with Gasteiger partial charge in [0.05, 0.1) is 0 Å². The third-order valence-electron chi connectivity index (χ3n) is 6.22. The van der Waals surface area contributed by atoms with Crippen LogP contribution < -0.4 is 4.74 Å². The Balaban J connectivity index is 1.04. The zero-order chi connectivity index (χ0) is 22.2. The van der Waals surface area contributed by atoms with Gasteiger partial charge in [0.1, 0.15) is 5.75 Å². The highest BCUT2D eigenvalue weighted by Crippen LogP contribution is 2.58. The number of carbonyl (C=O) groups excluding carboxylic acids is 1. The molecule has 4 rings (SSSR count). The average molecular weight is 547 g/mol. The molecule has 5 unspecified atom stereocenters. The largest absolute Gasteiger partial charge is 0.427 e. The minimum Gasteiger partial charge on any atom is -0.427 e. The number of unbranched alkanes of at least 4 members (excludes halogenated alkanes) is 4. The van der Waals surface area contributed by atoms with Crippen LogP contribution in [-0.2, 0) is 11.2 Å². The number of ether oxygens (including phenoxy) is 1. The van der Waals surface area contributed by atoms with Crippen LogP contribution in [0.15, 0.2) is 24.3 Å². The fourth-order valence-corrected chi connectivity index (χ4v) is 15.3. The van der Waals surface area contributed by atoms with Gasteiger partial charge in [-0.25, -0.2) is 0 Å². The first-order valence-electron chi connectivity index (χ1n) is 11.9. The maximum Gasteiger partial charge on any atom is 0.310 e. The number of fused-ring (bicyclic) bond motifs is 2. The fraction of sp³-hybridized carbons (Fsp3) is 0.708. The summed E-state index contributed by atoms with van der Waals surface area (Å²) < 4.78 is 5.33. The maximum absolute atomic E-state index is 11.5. The normalized spacial score (nSPS) is 29.3. The van der Waals surface area contributed by atoms with Crippen molar-refractivity contribution in [2.45, 2.75) is 97.4 Å². The van der Waals surface area contributed by atoms with Gasteiger partial charge in [-0.05, 0) is 59.6 Å². The van der Waals surface area contributed by atoms with Crippen molar-refractivity contribution in [3.8, 4) is 5.75 Å². The van der Waals surface area contributed by atoms with Gasteiger partial charge in [-0.3, -0.25) is 4.79 Å². The summed E-state index contributed by atoms with van der Waals surface area (Å²) in [5.41, 5.74) is 1.28. The van der Waals surface area contributed by atoms with Crippen LogP contribution >= 0.6 is 64.8 Å². The van der Waals surface area contributed by atoms with E-state index in [-0.39, 0.29) is 5.97 Å². The van der Waals surface area contributed by atoms with Gasteiger partial charge in [-0.15, -0.1) is 0 Å². The Morgan fingerprint density at radius 2 is 1.91 bits per heavy atom. The van der Waals surface area contributed by atoms with Crippen molar-refractivity contribution >= 4 is 70.7 Å². The molecule has 0 aromatic heterocycles. The number of esters is 1. The molecule has 178 valence electrons. The third kappa shape index (κ3) is 8.47. The lowest BCUT2D eigenvalue weighted by atomic mass is 10.0. The lowest BCUT2D eigenvalue weighted by Crippen LogP contribution is -2.22. The van der Waals surface area contributed by atoms with E-state index in [1.165, 1.54) is 62.7 Å². The zero-order valence-corrected chi connectivity index (χ0v) is 23.6. The second-order valence-corrected chi connectivity index (χ2v) is 17.5. The van der Waals surface area contributed by atoms with Crippen LogP contribution in [0.25, 0.3) is 0 Å². The molecular weight excluding hydrogens is 513 g/mol. The van der Waals surface area contributed by atoms with Crippen molar-refractivity contribution in [3.05, 3.63) is 29.8 Å². The molecule has 3 aliphatic heterocycles. The number of thioether (sulfide) groups is 1. The monoisotopic (exact) mass is 546 g/mol. The molecule has 0 spiro atoms. The molecule has 3 saturated heterocycles. The summed E-state index contributed by atoms with van der Waals surface area (Å²) in [6, 6.07) is 8.03. The molecule has 3 fully saturated rings. The van der Waals surface area contributed by atoms with Gasteiger partial charge in [0.15, 0.2) is 0 Å². The Bertz CT molecular complexity index is 732. The van der Waals surface area contributed by atoms with Crippen LogP contribution in [0.4, 0.5) is 0 Å². The molecule has 1 aromatic carbocycles. The second-order valence-electron chi connectivity index (χ2n) is 8.81. The van der Waals surface area contributed by atoms with E-state index < -0.39 is 0 Å². The second kappa shape index (κ2) is 13.8. The van der Waals surface area contributed by atoms with Gasteiger partial charge in [-0.1, -0.05) is 87.9 Å². The summed E-state index contributed by atoms with van der Waals surface area (Å²) >= 11 is 2.26. The summed E-state index contributed by atoms with van der Waals surface area (Å²) in [7, 11) is 10.7. The molecule has 0 amide bonds. The van der Waals surface area contributed by atoms with Gasteiger partial charge in [0, 0.05) is 38.4 Å². The minimum absolute atomic E-state index is 0.162. The molecule has 0 aliphatic carbocycles. The van der Waals surface area contributed by atoms with Gasteiger partial charge < -0.3 is 4.74 Å². The number of hydrogen-bond donors (Lipinski definition) is 0. The summed E-state index contributed by atoms with van der Waals surface area (Å²) in [4.78, 5) is 11.5. The van der Waals surface area contributed by atoms with Crippen molar-refractivity contribution in [1.29, 1.82) is 0 Å². The van der Waals surface area contributed by atoms with E-state index in [9.17, 15) is 4.79 Å². The van der Waals surface area contributed by atoms with Crippen LogP contribution in [0.1, 0.15) is 70.3 Å². The third-order valence-corrected chi connectivity index (χ3v) is 16.2. The molecule has 5 atom stereocenters. The van der Waals surface area contributed by atoms with E-state index in [0.717, 1.165) is 32.7 Å². The molecule has 8 heteroatoms. The highest BCUT2D eigenvalue weighted by molar-refractivity contribution is 9.09. The fourth-order valence-electron chi connectivity index (χ4n) is 4.27. The number of carbonyl (C=O) groups is 1. The number of hydrogen-bond acceptors (Lipinski definition) is 8. The number of rotatable bonds is 12. The number of benzene rings is 1. The molecule has 0 saturated carbocycles. The highest BCUT2D eigenvalue weighted by Gasteiger charge is 2.43. The predicted molar refractivity (Wildman–Crippen MR) is 152 cm³/mol. The van der Waals surface area contributed by atoms with Crippen LogP contribution in [0.5, 0.6) is 5.75 Å². The van der Waals surface area contributed by atoms with Gasteiger partial charge in [0.2, 0.25) is 0 Å². The van der Waals surface area contributed by atoms with Crippen LogP contribution in [0.3, 0.4) is 0 Å². The SMILES string of the molecule is CCC(=O)Oc1cccc(CCCCCCCC2SC2CC2SSSCC3CC2SS3)c1. The lowest BCUT2D eigenvalue weighted by molar-refractivity contribution is -0.134. The van der Waals surface area contributed by atoms with Crippen LogP contribution in [-0.4, -0.2) is 38.0 Å². The Kier molecular flexibility index (Phi) is 11.1. The molecule has 0 radical (unpaired) electrons. The highest BCUT2D eigenvalue weighted by atomic mass is 33.5. The van der Waals surface area contributed by atoms with E-state index >= 15 is 0 Å². The summed E-state index contributed by atoms with van der Waals surface area (Å²) in [6.07, 6.45) is 12.4. The van der Waals surface area contributed by atoms with Gasteiger partial charge in [-0.2, -0.15) is 11.8 Å². The lowest BCUT2D eigenvalue weighted by Gasteiger charge is -2.22. The van der Waals surface area contributed by atoms with Crippen molar-refractivity contribution in [1.82, 2.24) is 0 Å². The van der Waals surface area contributed by atoms with E-state index in [4.69, 9.17) is 4.74 Å². The van der Waals surface area contributed by atoms with Crippen LogP contribution in [0, 0.1) is 0 Å². The summed E-state index contributed by atoms with van der Waals surface area (Å²) in [5.74, 6) is 1.86. The minimum atomic E-state index is -0.162. The quantitative estimate of drug-likeness (QED) is 0.0844. The summed E-state index contributed by atoms with van der Waals surface area (Å²) in [6.45, 7) is 1.83. The molecule has 2 bridgehead atoms.